The number of fused-ring (bicyclic) bond motifs is 1. The van der Waals surface area contributed by atoms with Gasteiger partial charge in [0.2, 0.25) is 0 Å². The van der Waals surface area contributed by atoms with Crippen LogP contribution in [0.5, 0.6) is 11.5 Å². The summed E-state index contributed by atoms with van der Waals surface area (Å²) in [5, 5.41) is 9.18. The van der Waals surface area contributed by atoms with Crippen LogP contribution in [0.2, 0.25) is 0 Å². The number of hydrogen-bond donors (Lipinski definition) is 1. The van der Waals surface area contributed by atoms with Crippen LogP contribution in [0.1, 0.15) is 32.1 Å². The van der Waals surface area contributed by atoms with Crippen LogP contribution in [-0.2, 0) is 11.3 Å². The molecular weight excluding hydrogens is 472 g/mol. The van der Waals surface area contributed by atoms with E-state index < -0.39 is 0 Å². The molecule has 1 aromatic carbocycles. The van der Waals surface area contributed by atoms with Crippen molar-refractivity contribution < 1.29 is 9.47 Å². The molecule has 6 rings (SSSR count). The fourth-order valence-electron chi connectivity index (χ4n) is 4.91. The zero-order chi connectivity index (χ0) is 24.2. The summed E-state index contributed by atoms with van der Waals surface area (Å²) in [4.78, 5) is 11.7. The largest absolute Gasteiger partial charge is 0.457 e. The first kappa shape index (κ1) is 23.4. The van der Waals surface area contributed by atoms with Crippen LogP contribution in [0.15, 0.2) is 48.9 Å². The Bertz CT molecular complexity index is 1290. The Kier molecular flexibility index (Phi) is 7.11. The molecule has 2 aliphatic rings. The number of benzene rings is 1. The quantitative estimate of drug-likeness (QED) is 0.343. The van der Waals surface area contributed by atoms with Crippen molar-refractivity contribution in [3.8, 4) is 22.8 Å². The van der Waals surface area contributed by atoms with Crippen LogP contribution in [0.4, 0.5) is 5.13 Å². The van der Waals surface area contributed by atoms with Gasteiger partial charge in [0.25, 0.3) is 0 Å². The zero-order valence-electron chi connectivity index (χ0n) is 20.4. The average Bonchev–Trinajstić information content (AvgIpc) is 3.55. The van der Waals surface area contributed by atoms with Gasteiger partial charge in [-0.1, -0.05) is 30.6 Å². The molecule has 188 valence electrons. The van der Waals surface area contributed by atoms with E-state index in [1.807, 2.05) is 35.1 Å². The Morgan fingerprint density at radius 1 is 1.03 bits per heavy atom. The standard InChI is InChI=1S/C27H32N6O2S/c1-2-4-21(5-3-1)30-27-31-24-7-6-22(17-26(24)36-27)35-23-8-9-28-25(16-23)20-18-29-33(19-20)11-10-32-12-14-34-15-13-32/h6-9,16-19,21H,1-5,10-15H2,(H,30,31). The number of nitrogens with one attached hydrogen (secondary N) is 1. The molecule has 0 atom stereocenters. The first-order chi connectivity index (χ1) is 17.8. The minimum absolute atomic E-state index is 0.550. The van der Waals surface area contributed by atoms with Crippen molar-refractivity contribution in [3.63, 3.8) is 0 Å². The van der Waals surface area contributed by atoms with Crippen molar-refractivity contribution in [3.05, 3.63) is 48.9 Å². The van der Waals surface area contributed by atoms with E-state index in [4.69, 9.17) is 14.5 Å². The normalized spacial score (nSPS) is 17.4. The number of ether oxygens (including phenoxy) is 2. The molecule has 9 heteroatoms. The fraction of sp³-hybridized carbons (Fsp3) is 0.444. The minimum Gasteiger partial charge on any atom is -0.457 e. The molecule has 4 aromatic rings. The Morgan fingerprint density at radius 2 is 1.89 bits per heavy atom. The third kappa shape index (κ3) is 5.69. The molecule has 36 heavy (non-hydrogen) atoms. The summed E-state index contributed by atoms with van der Waals surface area (Å²) in [6.07, 6.45) is 12.2. The van der Waals surface area contributed by atoms with Gasteiger partial charge in [0, 0.05) is 55.8 Å². The molecule has 8 nitrogen and oxygen atoms in total. The molecule has 1 saturated heterocycles. The molecule has 0 amide bonds. The molecule has 0 unspecified atom stereocenters. The average molecular weight is 505 g/mol. The molecule has 0 spiro atoms. The number of anilines is 1. The van der Waals surface area contributed by atoms with Crippen molar-refractivity contribution in [2.24, 2.45) is 0 Å². The van der Waals surface area contributed by atoms with Crippen molar-refractivity contribution in [1.29, 1.82) is 0 Å². The van der Waals surface area contributed by atoms with Gasteiger partial charge in [-0.25, -0.2) is 4.98 Å². The Hall–Kier alpha value is -3.01. The lowest BCUT2D eigenvalue weighted by molar-refractivity contribution is 0.0360. The highest BCUT2D eigenvalue weighted by atomic mass is 32.1. The molecule has 2 fully saturated rings. The summed E-state index contributed by atoms with van der Waals surface area (Å²) in [5.41, 5.74) is 2.84. The monoisotopic (exact) mass is 504 g/mol. The van der Waals surface area contributed by atoms with Crippen molar-refractivity contribution in [2.75, 3.05) is 38.2 Å². The number of thiazole rings is 1. The van der Waals surface area contributed by atoms with E-state index in [1.54, 1.807) is 17.5 Å². The van der Waals surface area contributed by atoms with Gasteiger partial charge in [-0.05, 0) is 31.0 Å². The second kappa shape index (κ2) is 10.9. The number of pyridine rings is 1. The lowest BCUT2D eigenvalue weighted by Gasteiger charge is -2.26. The molecule has 1 N–H and O–H groups in total. The number of nitrogens with zero attached hydrogens (tertiary/aromatic N) is 5. The highest BCUT2D eigenvalue weighted by molar-refractivity contribution is 7.22. The predicted octanol–water partition coefficient (Wildman–Crippen LogP) is 5.42. The maximum Gasteiger partial charge on any atom is 0.184 e. The molecule has 0 radical (unpaired) electrons. The molecule has 1 aliphatic heterocycles. The Balaban J connectivity index is 1.11. The van der Waals surface area contributed by atoms with Gasteiger partial charge >= 0.3 is 0 Å². The number of rotatable bonds is 8. The highest BCUT2D eigenvalue weighted by Gasteiger charge is 2.15. The maximum absolute atomic E-state index is 6.21. The van der Waals surface area contributed by atoms with Gasteiger partial charge in [-0.3, -0.25) is 14.6 Å². The van der Waals surface area contributed by atoms with E-state index in [1.165, 1.54) is 32.1 Å². The van der Waals surface area contributed by atoms with E-state index in [0.717, 1.165) is 77.5 Å². The first-order valence-electron chi connectivity index (χ1n) is 12.9. The summed E-state index contributed by atoms with van der Waals surface area (Å²) in [7, 11) is 0. The van der Waals surface area contributed by atoms with E-state index >= 15 is 0 Å². The van der Waals surface area contributed by atoms with Crippen molar-refractivity contribution in [1.82, 2.24) is 24.6 Å². The molecule has 0 bridgehead atoms. The highest BCUT2D eigenvalue weighted by Crippen LogP contribution is 2.33. The van der Waals surface area contributed by atoms with Crippen molar-refractivity contribution in [2.45, 2.75) is 44.7 Å². The lowest BCUT2D eigenvalue weighted by Crippen LogP contribution is -2.38. The summed E-state index contributed by atoms with van der Waals surface area (Å²) >= 11 is 1.70. The first-order valence-corrected chi connectivity index (χ1v) is 13.7. The van der Waals surface area contributed by atoms with Crippen LogP contribution >= 0.6 is 11.3 Å². The predicted molar refractivity (Wildman–Crippen MR) is 143 cm³/mol. The van der Waals surface area contributed by atoms with Crippen molar-refractivity contribution >= 4 is 26.7 Å². The lowest BCUT2D eigenvalue weighted by atomic mass is 9.96. The second-order valence-electron chi connectivity index (χ2n) is 9.55. The Labute approximate surface area is 215 Å². The smallest absolute Gasteiger partial charge is 0.184 e. The van der Waals surface area contributed by atoms with Crippen LogP contribution in [-0.4, -0.2) is 63.5 Å². The summed E-state index contributed by atoms with van der Waals surface area (Å²) in [5.74, 6) is 1.55. The summed E-state index contributed by atoms with van der Waals surface area (Å²) in [6, 6.07) is 10.5. The van der Waals surface area contributed by atoms with E-state index in [9.17, 15) is 0 Å². The van der Waals surface area contributed by atoms with Crippen LogP contribution in [0.25, 0.3) is 21.5 Å². The topological polar surface area (TPSA) is 77.3 Å². The third-order valence-electron chi connectivity index (χ3n) is 6.94. The van der Waals surface area contributed by atoms with Gasteiger partial charge in [0.15, 0.2) is 5.13 Å². The van der Waals surface area contributed by atoms with Gasteiger partial charge in [-0.2, -0.15) is 5.10 Å². The number of morpholine rings is 1. The molecule has 1 saturated carbocycles. The van der Waals surface area contributed by atoms with Gasteiger partial charge in [0.05, 0.1) is 41.9 Å². The molecule has 4 heterocycles. The Morgan fingerprint density at radius 3 is 2.78 bits per heavy atom. The van der Waals surface area contributed by atoms with E-state index in [0.29, 0.717) is 6.04 Å². The van der Waals surface area contributed by atoms with Crippen LogP contribution < -0.4 is 10.1 Å². The maximum atomic E-state index is 6.21. The molecule has 1 aliphatic carbocycles. The van der Waals surface area contributed by atoms with Crippen LogP contribution in [0, 0.1) is 0 Å². The SMILES string of the molecule is c1cc(Oc2ccc3nc(NC4CCCCC4)sc3c2)cc(-c2cnn(CCN3CCOCC3)c2)n1. The third-order valence-corrected chi connectivity index (χ3v) is 7.89. The zero-order valence-corrected chi connectivity index (χ0v) is 21.3. The molecular formula is C27H32N6O2S. The minimum atomic E-state index is 0.550. The van der Waals surface area contributed by atoms with E-state index in [-0.39, 0.29) is 0 Å². The van der Waals surface area contributed by atoms with Gasteiger partial charge < -0.3 is 14.8 Å². The molecule has 3 aromatic heterocycles. The van der Waals surface area contributed by atoms with Gasteiger partial charge in [-0.15, -0.1) is 0 Å². The number of hydrogen-bond acceptors (Lipinski definition) is 8. The number of aromatic nitrogens is 4. The summed E-state index contributed by atoms with van der Waals surface area (Å²) < 4.78 is 14.8. The second-order valence-corrected chi connectivity index (χ2v) is 10.6. The van der Waals surface area contributed by atoms with E-state index in [2.05, 4.69) is 32.6 Å². The summed E-state index contributed by atoms with van der Waals surface area (Å²) in [6.45, 7) is 5.42. The fourth-order valence-corrected chi connectivity index (χ4v) is 5.88. The van der Waals surface area contributed by atoms with Gasteiger partial charge in [0.1, 0.15) is 11.5 Å². The van der Waals surface area contributed by atoms with Crippen LogP contribution in [0.3, 0.4) is 0 Å².